The molecule has 1 unspecified atom stereocenters. The highest BCUT2D eigenvalue weighted by Crippen LogP contribution is 2.36. The molecule has 3 rings (SSSR count). The third-order valence-corrected chi connectivity index (χ3v) is 8.17. The quantitative estimate of drug-likeness (QED) is 0.114. The minimum atomic E-state index is -0.978. The molecule has 2 aromatic rings. The van der Waals surface area contributed by atoms with Crippen molar-refractivity contribution in [3.63, 3.8) is 0 Å². The van der Waals surface area contributed by atoms with E-state index in [9.17, 15) is 24.0 Å². The Hall–Kier alpha value is -3.93. The summed E-state index contributed by atoms with van der Waals surface area (Å²) in [5, 5.41) is 2.95. The number of hydrogen-bond donors (Lipinski definition) is 1. The summed E-state index contributed by atoms with van der Waals surface area (Å²) < 4.78 is 20.7. The van der Waals surface area contributed by atoms with Crippen molar-refractivity contribution < 1.29 is 42.9 Å². The zero-order valence-corrected chi connectivity index (χ0v) is 28.4. The minimum absolute atomic E-state index is 0.0275. The van der Waals surface area contributed by atoms with E-state index in [0.717, 1.165) is 5.56 Å². The Morgan fingerprint density at radius 2 is 1.62 bits per heavy atom. The molecule has 1 heterocycles. The number of benzene rings is 2. The van der Waals surface area contributed by atoms with Crippen molar-refractivity contribution >= 4 is 52.8 Å². The Balaban J connectivity index is 1.78. The number of halogens is 2. The predicted octanol–water partition coefficient (Wildman–Crippen LogP) is 4.75. The number of likely N-dealkylation sites (tertiary alicyclic amines) is 1. The lowest BCUT2D eigenvalue weighted by Gasteiger charge is -2.28. The maximum atomic E-state index is 13.7. The van der Waals surface area contributed by atoms with E-state index in [1.54, 1.807) is 27.7 Å². The summed E-state index contributed by atoms with van der Waals surface area (Å²) >= 11 is 12.7. The molecule has 0 aliphatic carbocycles. The molecule has 1 aliphatic heterocycles. The molecule has 1 aliphatic rings. The molecule has 2 aromatic carbocycles. The number of ketones is 1. The van der Waals surface area contributed by atoms with Gasteiger partial charge in [0.25, 0.3) is 0 Å². The van der Waals surface area contributed by atoms with Gasteiger partial charge in [0, 0.05) is 18.5 Å². The smallest absolute Gasteiger partial charge is 0.344 e. The van der Waals surface area contributed by atoms with Gasteiger partial charge in [0.1, 0.15) is 22.9 Å². The fourth-order valence-electron chi connectivity index (χ4n) is 5.06. The zero-order chi connectivity index (χ0) is 34.5. The van der Waals surface area contributed by atoms with Crippen molar-refractivity contribution in [1.29, 1.82) is 0 Å². The maximum Gasteiger partial charge on any atom is 0.344 e. The van der Waals surface area contributed by atoms with Crippen LogP contribution in [0.15, 0.2) is 54.1 Å². The average molecular weight is 692 g/mol. The largest absolute Gasteiger partial charge is 0.480 e. The van der Waals surface area contributed by atoms with Gasteiger partial charge in [0.15, 0.2) is 12.4 Å². The highest BCUT2D eigenvalue weighted by molar-refractivity contribution is 6.45. The first-order valence-corrected chi connectivity index (χ1v) is 16.2. The molecular weight excluding hydrogens is 651 g/mol. The standard InChI is InChI=1S/C34H40Cl2N2O9/c1-5-44-29(40)20-47-28-16-14-24(30(35)31(28)36)27(39)18-23-17-26(34(43)46-7-3)38(19-23)32(41)21(4)37-25(33(42)45-6-2)15-13-22-11-9-8-10-12-22/h8-12,14,16,18,21,25-26,37H,5-7,13,15,17,19-20H2,1-4H3/t21?,25-,26-/m0/s1. The Morgan fingerprint density at radius 3 is 2.28 bits per heavy atom. The summed E-state index contributed by atoms with van der Waals surface area (Å²) in [5.74, 6) is -2.54. The molecule has 1 saturated heterocycles. The van der Waals surface area contributed by atoms with Gasteiger partial charge in [0.05, 0.1) is 30.9 Å². The van der Waals surface area contributed by atoms with Gasteiger partial charge >= 0.3 is 17.9 Å². The lowest BCUT2D eigenvalue weighted by Crippen LogP contribution is -2.53. The van der Waals surface area contributed by atoms with Crippen LogP contribution >= 0.6 is 23.2 Å². The van der Waals surface area contributed by atoms with E-state index in [4.69, 9.17) is 42.1 Å². The first-order valence-electron chi connectivity index (χ1n) is 15.4. The van der Waals surface area contributed by atoms with E-state index in [2.05, 4.69) is 5.32 Å². The van der Waals surface area contributed by atoms with E-state index in [0.29, 0.717) is 18.4 Å². The van der Waals surface area contributed by atoms with Crippen LogP contribution in [0.5, 0.6) is 5.75 Å². The number of ether oxygens (including phenoxy) is 4. The van der Waals surface area contributed by atoms with Crippen molar-refractivity contribution in [2.45, 2.75) is 65.1 Å². The molecule has 3 atom stereocenters. The second-order valence-electron chi connectivity index (χ2n) is 10.7. The third kappa shape index (κ3) is 10.5. The lowest BCUT2D eigenvalue weighted by molar-refractivity contribution is -0.154. The van der Waals surface area contributed by atoms with Crippen LogP contribution < -0.4 is 10.1 Å². The number of esters is 3. The summed E-state index contributed by atoms with van der Waals surface area (Å²) in [6.45, 7) is 6.71. The number of carbonyl (C=O) groups is 5. The van der Waals surface area contributed by atoms with Gasteiger partial charge in [-0.2, -0.15) is 0 Å². The van der Waals surface area contributed by atoms with Crippen LogP contribution in [0, 0.1) is 0 Å². The SMILES string of the molecule is CCOC(=O)COc1ccc(C(=O)C=C2C[C@@H](C(=O)OCC)N(C(=O)C(C)N[C@@H](CCc3ccccc3)C(=O)OCC)C2)c(Cl)c1Cl. The first kappa shape index (κ1) is 37.5. The van der Waals surface area contributed by atoms with E-state index in [-0.39, 0.29) is 60.8 Å². The molecule has 13 heteroatoms. The van der Waals surface area contributed by atoms with Gasteiger partial charge in [-0.3, -0.25) is 19.7 Å². The molecule has 11 nitrogen and oxygen atoms in total. The van der Waals surface area contributed by atoms with E-state index in [1.165, 1.54) is 23.1 Å². The normalized spacial score (nSPS) is 16.3. The Kier molecular flexibility index (Phi) is 14.7. The van der Waals surface area contributed by atoms with Crippen LogP contribution in [0.2, 0.25) is 10.0 Å². The minimum Gasteiger partial charge on any atom is -0.480 e. The molecule has 47 heavy (non-hydrogen) atoms. The number of nitrogens with one attached hydrogen (secondary N) is 1. The fraction of sp³-hybridized carbons (Fsp3) is 0.441. The molecule has 0 radical (unpaired) electrons. The van der Waals surface area contributed by atoms with Crippen LogP contribution in [0.3, 0.4) is 0 Å². The maximum absolute atomic E-state index is 13.7. The molecular formula is C34H40Cl2N2O9. The second-order valence-corrected chi connectivity index (χ2v) is 11.4. The number of amides is 1. The zero-order valence-electron chi connectivity index (χ0n) is 26.9. The van der Waals surface area contributed by atoms with E-state index in [1.807, 2.05) is 30.3 Å². The second kappa shape index (κ2) is 18.4. The number of allylic oxidation sites excluding steroid dienone is 1. The molecule has 254 valence electrons. The summed E-state index contributed by atoms with van der Waals surface area (Å²) in [4.78, 5) is 65.8. The third-order valence-electron chi connectivity index (χ3n) is 7.30. The lowest BCUT2D eigenvalue weighted by atomic mass is 10.0. The number of hydrogen-bond acceptors (Lipinski definition) is 10. The van der Waals surface area contributed by atoms with Crippen molar-refractivity contribution in [2.24, 2.45) is 0 Å². The summed E-state index contributed by atoms with van der Waals surface area (Å²) in [5.41, 5.74) is 1.59. The Labute approximate surface area is 284 Å². The number of carbonyl (C=O) groups excluding carboxylic acids is 5. The molecule has 0 spiro atoms. The average Bonchev–Trinajstić information content (AvgIpc) is 3.47. The van der Waals surface area contributed by atoms with Gasteiger partial charge in [0.2, 0.25) is 5.91 Å². The van der Waals surface area contributed by atoms with Crippen molar-refractivity contribution in [1.82, 2.24) is 10.2 Å². The summed E-state index contributed by atoms with van der Waals surface area (Å²) in [6, 6.07) is 9.83. The van der Waals surface area contributed by atoms with Gasteiger partial charge in [-0.25, -0.2) is 9.59 Å². The fourth-order valence-corrected chi connectivity index (χ4v) is 5.53. The number of nitrogens with zero attached hydrogens (tertiary/aromatic N) is 1. The molecule has 1 N–H and O–H groups in total. The summed E-state index contributed by atoms with van der Waals surface area (Å²) in [7, 11) is 0. The van der Waals surface area contributed by atoms with Gasteiger partial charge < -0.3 is 23.8 Å². The highest BCUT2D eigenvalue weighted by Gasteiger charge is 2.40. The monoisotopic (exact) mass is 690 g/mol. The van der Waals surface area contributed by atoms with Gasteiger partial charge in [-0.1, -0.05) is 53.5 Å². The van der Waals surface area contributed by atoms with Crippen LogP contribution in [0.4, 0.5) is 0 Å². The predicted molar refractivity (Wildman–Crippen MR) is 176 cm³/mol. The Bertz CT molecular complexity index is 1460. The first-order chi connectivity index (χ1) is 22.5. The van der Waals surface area contributed by atoms with Crippen LogP contribution in [-0.2, 0) is 39.8 Å². The topological polar surface area (TPSA) is 138 Å². The molecule has 0 saturated carbocycles. The van der Waals surface area contributed by atoms with Gasteiger partial charge in [-0.05, 0) is 69.9 Å². The highest BCUT2D eigenvalue weighted by atomic mass is 35.5. The van der Waals surface area contributed by atoms with Crippen LogP contribution in [0.1, 0.15) is 56.5 Å². The molecule has 0 aromatic heterocycles. The van der Waals surface area contributed by atoms with Crippen molar-refractivity contribution in [3.05, 3.63) is 75.3 Å². The van der Waals surface area contributed by atoms with Crippen molar-refractivity contribution in [2.75, 3.05) is 33.0 Å². The van der Waals surface area contributed by atoms with Gasteiger partial charge in [-0.15, -0.1) is 0 Å². The molecule has 1 amide bonds. The number of rotatable bonds is 16. The van der Waals surface area contributed by atoms with E-state index < -0.39 is 47.7 Å². The van der Waals surface area contributed by atoms with Crippen LogP contribution in [-0.4, -0.2) is 85.6 Å². The van der Waals surface area contributed by atoms with Crippen LogP contribution in [0.25, 0.3) is 0 Å². The van der Waals surface area contributed by atoms with E-state index >= 15 is 0 Å². The number of aryl methyl sites for hydroxylation is 1. The Morgan fingerprint density at radius 1 is 0.936 bits per heavy atom. The molecule has 0 bridgehead atoms. The molecule has 1 fully saturated rings. The van der Waals surface area contributed by atoms with Crippen molar-refractivity contribution in [3.8, 4) is 5.75 Å². The summed E-state index contributed by atoms with van der Waals surface area (Å²) in [6.07, 6.45) is 2.34.